The van der Waals surface area contributed by atoms with Crippen molar-refractivity contribution in [3.8, 4) is 0 Å². The summed E-state index contributed by atoms with van der Waals surface area (Å²) >= 11 is 0. The molecule has 3 rings (SSSR count). The lowest BCUT2D eigenvalue weighted by atomic mass is 10.1. The number of rotatable bonds is 8. The average molecular weight is 384 g/mol. The molecule has 0 aliphatic rings. The van der Waals surface area contributed by atoms with Crippen molar-refractivity contribution in [2.75, 3.05) is 31.5 Å². The Kier molecular flexibility index (Phi) is 5.99. The van der Waals surface area contributed by atoms with Crippen molar-refractivity contribution in [3.63, 3.8) is 0 Å². The predicted octanol–water partition coefficient (Wildman–Crippen LogP) is 1.79. The van der Waals surface area contributed by atoms with Crippen LogP contribution in [0.25, 0.3) is 11.2 Å². The van der Waals surface area contributed by atoms with Crippen molar-refractivity contribution >= 4 is 17.1 Å². The number of aromatic amines is 1. The van der Waals surface area contributed by atoms with Crippen LogP contribution in [-0.2, 0) is 7.05 Å². The van der Waals surface area contributed by atoms with E-state index in [0.29, 0.717) is 23.7 Å². The second kappa shape index (κ2) is 8.43. The number of nitrogens with one attached hydrogen (secondary N) is 2. The number of hydrogen-bond donors (Lipinski definition) is 2. The Bertz CT molecular complexity index is 1050. The molecule has 8 nitrogen and oxygen atoms in total. The van der Waals surface area contributed by atoms with Crippen LogP contribution >= 0.6 is 0 Å². The van der Waals surface area contributed by atoms with Crippen molar-refractivity contribution in [3.05, 3.63) is 56.7 Å². The molecule has 0 spiro atoms. The third kappa shape index (κ3) is 3.73. The highest BCUT2D eigenvalue weighted by molar-refractivity contribution is 5.74. The first-order chi connectivity index (χ1) is 13.5. The molecule has 8 heteroatoms. The average Bonchev–Trinajstić information content (AvgIpc) is 3.09. The summed E-state index contributed by atoms with van der Waals surface area (Å²) in [5.74, 6) is 0.588. The number of likely N-dealkylation sites (N-methyl/N-ethyl adjacent to an activating group) is 1. The molecule has 0 aliphatic carbocycles. The van der Waals surface area contributed by atoms with Crippen molar-refractivity contribution in [2.45, 2.75) is 26.8 Å². The minimum Gasteiger partial charge on any atom is -0.354 e. The maximum absolute atomic E-state index is 12.6. The molecule has 0 bridgehead atoms. The summed E-state index contributed by atoms with van der Waals surface area (Å²) in [6.45, 7) is 9.80. The van der Waals surface area contributed by atoms with Crippen LogP contribution in [0.4, 0.5) is 5.95 Å². The summed E-state index contributed by atoms with van der Waals surface area (Å²) in [7, 11) is 1.62. The maximum Gasteiger partial charge on any atom is 0.329 e. The van der Waals surface area contributed by atoms with Crippen LogP contribution < -0.4 is 16.6 Å². The fourth-order valence-corrected chi connectivity index (χ4v) is 3.45. The van der Waals surface area contributed by atoms with Gasteiger partial charge < -0.3 is 10.2 Å². The van der Waals surface area contributed by atoms with Crippen molar-refractivity contribution in [1.29, 1.82) is 0 Å². The maximum atomic E-state index is 12.6. The van der Waals surface area contributed by atoms with Crippen molar-refractivity contribution < 1.29 is 0 Å². The third-order valence-corrected chi connectivity index (χ3v) is 5.23. The molecule has 1 atom stereocenters. The second-order valence-electron chi connectivity index (χ2n) is 6.84. The van der Waals surface area contributed by atoms with Gasteiger partial charge in [0, 0.05) is 20.1 Å². The monoisotopic (exact) mass is 384 g/mol. The van der Waals surface area contributed by atoms with Gasteiger partial charge in [0.2, 0.25) is 5.95 Å². The fourth-order valence-electron chi connectivity index (χ4n) is 3.45. The number of imidazole rings is 1. The van der Waals surface area contributed by atoms with Crippen LogP contribution in [0, 0.1) is 0 Å². The molecular weight excluding hydrogens is 356 g/mol. The highest BCUT2D eigenvalue weighted by Crippen LogP contribution is 2.26. The highest BCUT2D eigenvalue weighted by Gasteiger charge is 2.21. The van der Waals surface area contributed by atoms with Crippen LogP contribution in [0.5, 0.6) is 0 Å². The van der Waals surface area contributed by atoms with E-state index in [0.717, 1.165) is 25.2 Å². The molecule has 1 aromatic carbocycles. The minimum absolute atomic E-state index is 0.124. The number of anilines is 1. The summed E-state index contributed by atoms with van der Waals surface area (Å²) in [6, 6.07) is 9.82. The van der Waals surface area contributed by atoms with E-state index in [2.05, 4.69) is 34.0 Å². The lowest BCUT2D eigenvalue weighted by Gasteiger charge is -2.20. The molecule has 2 aromatic heterocycles. The number of hydrogen-bond acceptors (Lipinski definition) is 5. The van der Waals surface area contributed by atoms with Gasteiger partial charge in [-0.25, -0.2) is 4.79 Å². The fraction of sp³-hybridized carbons (Fsp3) is 0.450. The van der Waals surface area contributed by atoms with Crippen LogP contribution in [0.1, 0.15) is 32.4 Å². The van der Waals surface area contributed by atoms with E-state index >= 15 is 0 Å². The van der Waals surface area contributed by atoms with Crippen molar-refractivity contribution in [1.82, 2.24) is 24.0 Å². The van der Waals surface area contributed by atoms with Gasteiger partial charge in [-0.2, -0.15) is 4.98 Å². The molecule has 150 valence electrons. The Hall–Kier alpha value is -2.87. The number of fused-ring (bicyclic) bond motifs is 1. The van der Waals surface area contributed by atoms with Gasteiger partial charge in [0.25, 0.3) is 5.56 Å². The lowest BCUT2D eigenvalue weighted by Crippen LogP contribution is -2.30. The summed E-state index contributed by atoms with van der Waals surface area (Å²) in [4.78, 5) is 34.0. The van der Waals surface area contributed by atoms with Crippen LogP contribution in [0.15, 0.2) is 39.9 Å². The number of aromatic nitrogens is 4. The van der Waals surface area contributed by atoms with Gasteiger partial charge in [-0.05, 0) is 25.6 Å². The third-order valence-electron chi connectivity index (χ3n) is 5.23. The first-order valence-corrected chi connectivity index (χ1v) is 9.70. The van der Waals surface area contributed by atoms with Crippen LogP contribution in [0.3, 0.4) is 0 Å². The topological polar surface area (TPSA) is 88.0 Å². The SMILES string of the molecule is CCN(CC)CCNc1nc2c(c(=O)[nH]c(=O)n2C)n1[C@@H](C)c1ccccc1. The molecule has 2 N–H and O–H groups in total. The molecule has 0 fully saturated rings. The lowest BCUT2D eigenvalue weighted by molar-refractivity contribution is 0.315. The smallest absolute Gasteiger partial charge is 0.329 e. The van der Waals surface area contributed by atoms with E-state index in [1.54, 1.807) is 7.05 Å². The summed E-state index contributed by atoms with van der Waals surface area (Å²) < 4.78 is 3.26. The Balaban J connectivity index is 2.09. The first-order valence-electron chi connectivity index (χ1n) is 9.70. The number of benzene rings is 1. The minimum atomic E-state index is -0.468. The molecule has 3 aromatic rings. The van der Waals surface area contributed by atoms with Gasteiger partial charge in [0.1, 0.15) is 0 Å². The quantitative estimate of drug-likeness (QED) is 0.618. The van der Waals surface area contributed by atoms with Gasteiger partial charge >= 0.3 is 5.69 Å². The van der Waals surface area contributed by atoms with Gasteiger partial charge in [0.05, 0.1) is 6.04 Å². The molecule has 0 amide bonds. The molecule has 0 aliphatic heterocycles. The normalized spacial score (nSPS) is 12.6. The highest BCUT2D eigenvalue weighted by atomic mass is 16.2. The van der Waals surface area contributed by atoms with Gasteiger partial charge in [-0.3, -0.25) is 18.9 Å². The van der Waals surface area contributed by atoms with Crippen LogP contribution in [0.2, 0.25) is 0 Å². The Morgan fingerprint density at radius 2 is 1.86 bits per heavy atom. The first kappa shape index (κ1) is 19.9. The van der Waals surface area contributed by atoms with E-state index in [9.17, 15) is 9.59 Å². The molecule has 28 heavy (non-hydrogen) atoms. The van der Waals surface area contributed by atoms with E-state index in [-0.39, 0.29) is 6.04 Å². The number of nitrogens with zero attached hydrogens (tertiary/aromatic N) is 4. The van der Waals surface area contributed by atoms with E-state index in [4.69, 9.17) is 0 Å². The largest absolute Gasteiger partial charge is 0.354 e. The van der Waals surface area contributed by atoms with Gasteiger partial charge in [-0.1, -0.05) is 44.2 Å². The predicted molar refractivity (Wildman–Crippen MR) is 112 cm³/mol. The molecular formula is C20H28N6O2. The van der Waals surface area contributed by atoms with E-state index < -0.39 is 11.2 Å². The summed E-state index contributed by atoms with van der Waals surface area (Å²) in [5.41, 5.74) is 0.932. The molecule has 0 saturated heterocycles. The summed E-state index contributed by atoms with van der Waals surface area (Å²) in [6.07, 6.45) is 0. The molecule has 0 saturated carbocycles. The molecule has 2 heterocycles. The van der Waals surface area contributed by atoms with E-state index in [1.165, 1.54) is 4.57 Å². The standard InChI is InChI=1S/C20H28N6O2/c1-5-25(6-2)13-12-21-19-22-17-16(18(27)23-20(28)24(17)4)26(19)14(3)15-10-8-7-9-11-15/h7-11,14H,5-6,12-13H2,1-4H3,(H,21,22)(H,23,27,28)/t14-/m0/s1. The zero-order valence-electron chi connectivity index (χ0n) is 16.9. The molecule has 0 unspecified atom stereocenters. The summed E-state index contributed by atoms with van der Waals surface area (Å²) in [5, 5.41) is 3.37. The zero-order chi connectivity index (χ0) is 20.3. The van der Waals surface area contributed by atoms with Crippen molar-refractivity contribution in [2.24, 2.45) is 7.05 Å². The Morgan fingerprint density at radius 1 is 1.18 bits per heavy atom. The molecule has 0 radical (unpaired) electrons. The van der Waals surface area contributed by atoms with Crippen LogP contribution in [-0.4, -0.2) is 50.2 Å². The zero-order valence-corrected chi connectivity index (χ0v) is 16.9. The number of aryl methyl sites for hydroxylation is 1. The van der Waals surface area contributed by atoms with Gasteiger partial charge in [0.15, 0.2) is 11.2 Å². The van der Waals surface area contributed by atoms with E-state index in [1.807, 2.05) is 41.8 Å². The Labute approximate surface area is 163 Å². The number of H-pyrrole nitrogens is 1. The Morgan fingerprint density at radius 3 is 2.50 bits per heavy atom. The van der Waals surface area contributed by atoms with Gasteiger partial charge in [-0.15, -0.1) is 0 Å². The second-order valence-corrected chi connectivity index (χ2v) is 6.84.